The summed E-state index contributed by atoms with van der Waals surface area (Å²) in [7, 11) is -3.54. The number of fused-ring (bicyclic) bond motifs is 1. The fraction of sp³-hybridized carbons (Fsp3) is 0.381. The first-order chi connectivity index (χ1) is 13.6. The van der Waals surface area contributed by atoms with Gasteiger partial charge in [0.05, 0.1) is 25.0 Å². The molecular formula is C21H26N2O5S. The van der Waals surface area contributed by atoms with Gasteiger partial charge in [0.1, 0.15) is 18.1 Å². The average molecular weight is 419 g/mol. The Balaban J connectivity index is 1.61. The number of benzene rings is 2. The maximum absolute atomic E-state index is 12.6. The second kappa shape index (κ2) is 8.32. The normalized spacial score (nSPS) is 16.0. The van der Waals surface area contributed by atoms with E-state index in [1.165, 1.54) is 9.87 Å². The van der Waals surface area contributed by atoms with Crippen molar-refractivity contribution in [2.75, 3.05) is 30.3 Å². The molecule has 3 rings (SSSR count). The SMILES string of the molecule is Cc1ccc2c(c1)O[C@@H](C(=O)NCCOc1ccc(C)c(C)c1)CN2S(C)(=O)=O. The minimum Gasteiger partial charge on any atom is -0.492 e. The Morgan fingerprint density at radius 3 is 2.62 bits per heavy atom. The van der Waals surface area contributed by atoms with Crippen LogP contribution in [0.15, 0.2) is 36.4 Å². The molecule has 7 nitrogen and oxygen atoms in total. The summed E-state index contributed by atoms with van der Waals surface area (Å²) in [6, 6.07) is 11.1. The lowest BCUT2D eigenvalue weighted by molar-refractivity contribution is -0.127. The quantitative estimate of drug-likeness (QED) is 0.728. The van der Waals surface area contributed by atoms with E-state index in [2.05, 4.69) is 5.32 Å². The van der Waals surface area contributed by atoms with Gasteiger partial charge in [0.2, 0.25) is 10.0 Å². The van der Waals surface area contributed by atoms with Gasteiger partial charge in [-0.3, -0.25) is 9.10 Å². The fourth-order valence-electron chi connectivity index (χ4n) is 3.07. The van der Waals surface area contributed by atoms with Gasteiger partial charge in [0.25, 0.3) is 5.91 Å². The summed E-state index contributed by atoms with van der Waals surface area (Å²) in [6.45, 7) is 6.43. The summed E-state index contributed by atoms with van der Waals surface area (Å²) in [6.07, 6.45) is 0.189. The maximum atomic E-state index is 12.6. The van der Waals surface area contributed by atoms with Crippen LogP contribution in [0.4, 0.5) is 5.69 Å². The average Bonchev–Trinajstić information content (AvgIpc) is 2.65. The summed E-state index contributed by atoms with van der Waals surface area (Å²) in [5, 5.41) is 2.76. The lowest BCUT2D eigenvalue weighted by Gasteiger charge is -2.34. The number of nitrogens with one attached hydrogen (secondary N) is 1. The number of carbonyl (C=O) groups is 1. The molecule has 1 heterocycles. The maximum Gasteiger partial charge on any atom is 0.263 e. The lowest BCUT2D eigenvalue weighted by atomic mass is 10.1. The van der Waals surface area contributed by atoms with Gasteiger partial charge >= 0.3 is 0 Å². The van der Waals surface area contributed by atoms with Crippen LogP contribution in [0.1, 0.15) is 16.7 Å². The van der Waals surface area contributed by atoms with E-state index < -0.39 is 16.1 Å². The van der Waals surface area contributed by atoms with Crippen molar-refractivity contribution in [2.45, 2.75) is 26.9 Å². The first-order valence-corrected chi connectivity index (χ1v) is 11.2. The number of sulfonamides is 1. The number of ether oxygens (including phenoxy) is 2. The van der Waals surface area contributed by atoms with Crippen LogP contribution in [0.25, 0.3) is 0 Å². The molecule has 0 radical (unpaired) electrons. The molecule has 0 unspecified atom stereocenters. The zero-order valence-corrected chi connectivity index (χ0v) is 17.9. The molecule has 29 heavy (non-hydrogen) atoms. The number of aryl methyl sites for hydroxylation is 3. The molecule has 0 spiro atoms. The monoisotopic (exact) mass is 418 g/mol. The van der Waals surface area contributed by atoms with Crippen LogP contribution in [0, 0.1) is 20.8 Å². The third-order valence-electron chi connectivity index (χ3n) is 4.83. The van der Waals surface area contributed by atoms with E-state index in [4.69, 9.17) is 9.47 Å². The number of hydrogen-bond acceptors (Lipinski definition) is 5. The Labute approximate surface area is 171 Å². The molecule has 1 atom stereocenters. The van der Waals surface area contributed by atoms with E-state index in [0.717, 1.165) is 23.1 Å². The Hall–Kier alpha value is -2.74. The molecule has 1 aliphatic heterocycles. The van der Waals surface area contributed by atoms with Gasteiger partial charge in [-0.2, -0.15) is 0 Å². The number of rotatable bonds is 6. The van der Waals surface area contributed by atoms with E-state index >= 15 is 0 Å². The van der Waals surface area contributed by atoms with Gasteiger partial charge in [0, 0.05) is 0 Å². The van der Waals surface area contributed by atoms with Gasteiger partial charge in [0.15, 0.2) is 6.10 Å². The molecule has 0 fully saturated rings. The molecule has 0 saturated heterocycles. The van der Waals surface area contributed by atoms with Gasteiger partial charge in [-0.05, 0) is 61.7 Å². The van der Waals surface area contributed by atoms with Crippen LogP contribution in [0.3, 0.4) is 0 Å². The van der Waals surface area contributed by atoms with Gasteiger partial charge in [-0.15, -0.1) is 0 Å². The molecule has 1 N–H and O–H groups in total. The van der Waals surface area contributed by atoms with E-state index in [9.17, 15) is 13.2 Å². The third kappa shape index (κ3) is 5.00. The van der Waals surface area contributed by atoms with Crippen LogP contribution in [0.5, 0.6) is 11.5 Å². The van der Waals surface area contributed by atoms with E-state index in [1.54, 1.807) is 12.1 Å². The van der Waals surface area contributed by atoms with Crippen molar-refractivity contribution in [2.24, 2.45) is 0 Å². The van der Waals surface area contributed by atoms with Crippen molar-refractivity contribution in [1.82, 2.24) is 5.32 Å². The highest BCUT2D eigenvalue weighted by molar-refractivity contribution is 7.92. The Morgan fingerprint density at radius 1 is 1.17 bits per heavy atom. The smallest absolute Gasteiger partial charge is 0.263 e. The standard InChI is InChI=1S/C21H26N2O5S/c1-14-5-8-18-19(11-14)28-20(13-23(18)29(4,25)26)21(24)22-9-10-27-17-7-6-15(2)16(3)12-17/h5-8,11-12,20H,9-10,13H2,1-4H3,(H,22,24)/t20-/m1/s1. The van der Waals surface area contributed by atoms with E-state index in [0.29, 0.717) is 18.0 Å². The summed E-state index contributed by atoms with van der Waals surface area (Å²) in [5.74, 6) is 0.742. The topological polar surface area (TPSA) is 84.9 Å². The van der Waals surface area contributed by atoms with Gasteiger partial charge in [-0.1, -0.05) is 12.1 Å². The Bertz CT molecular complexity index is 1020. The predicted molar refractivity (Wildman–Crippen MR) is 112 cm³/mol. The Morgan fingerprint density at radius 2 is 1.93 bits per heavy atom. The molecule has 0 bridgehead atoms. The molecule has 8 heteroatoms. The van der Waals surface area contributed by atoms with Gasteiger partial charge < -0.3 is 14.8 Å². The second-order valence-corrected chi connectivity index (χ2v) is 9.16. The Kier molecular flexibility index (Phi) is 6.02. The summed E-state index contributed by atoms with van der Waals surface area (Å²) >= 11 is 0. The lowest BCUT2D eigenvalue weighted by Crippen LogP contribution is -2.51. The zero-order chi connectivity index (χ0) is 21.2. The molecule has 0 aromatic heterocycles. The molecule has 2 aromatic carbocycles. The van der Waals surface area contributed by atoms with Crippen molar-refractivity contribution >= 4 is 21.6 Å². The molecule has 1 amide bonds. The number of carbonyl (C=O) groups excluding carboxylic acids is 1. The highest BCUT2D eigenvalue weighted by Crippen LogP contribution is 2.35. The molecule has 156 valence electrons. The van der Waals surface area contributed by atoms with Crippen molar-refractivity contribution in [3.05, 3.63) is 53.1 Å². The zero-order valence-electron chi connectivity index (χ0n) is 17.1. The number of hydrogen-bond donors (Lipinski definition) is 1. The van der Waals surface area contributed by atoms with E-state index in [-0.39, 0.29) is 19.0 Å². The highest BCUT2D eigenvalue weighted by Gasteiger charge is 2.34. The molecule has 1 aliphatic rings. The molecule has 0 aliphatic carbocycles. The minimum absolute atomic E-state index is 0.0707. The minimum atomic E-state index is -3.54. The van der Waals surface area contributed by atoms with Crippen molar-refractivity contribution in [3.8, 4) is 11.5 Å². The molecular weight excluding hydrogens is 392 g/mol. The first-order valence-electron chi connectivity index (χ1n) is 9.38. The first kappa shape index (κ1) is 21.0. The molecule has 2 aromatic rings. The highest BCUT2D eigenvalue weighted by atomic mass is 32.2. The van der Waals surface area contributed by atoms with Crippen LogP contribution in [-0.2, 0) is 14.8 Å². The third-order valence-corrected chi connectivity index (χ3v) is 5.97. The molecule has 0 saturated carbocycles. The predicted octanol–water partition coefficient (Wildman–Crippen LogP) is 2.33. The second-order valence-electron chi connectivity index (χ2n) is 7.26. The number of nitrogens with zero attached hydrogens (tertiary/aromatic N) is 1. The van der Waals surface area contributed by atoms with Gasteiger partial charge in [-0.25, -0.2) is 8.42 Å². The van der Waals surface area contributed by atoms with Crippen LogP contribution in [-0.4, -0.2) is 46.4 Å². The summed E-state index contributed by atoms with van der Waals surface area (Å²) in [5.41, 5.74) is 3.68. The van der Waals surface area contributed by atoms with Crippen LogP contribution in [0.2, 0.25) is 0 Å². The van der Waals surface area contributed by atoms with Crippen molar-refractivity contribution in [1.29, 1.82) is 0 Å². The fourth-order valence-corrected chi connectivity index (χ4v) is 3.99. The van der Waals surface area contributed by atoms with Crippen LogP contribution >= 0.6 is 0 Å². The van der Waals surface area contributed by atoms with E-state index in [1.807, 2.05) is 45.0 Å². The van der Waals surface area contributed by atoms with Crippen molar-refractivity contribution in [3.63, 3.8) is 0 Å². The summed E-state index contributed by atoms with van der Waals surface area (Å²) in [4.78, 5) is 12.6. The van der Waals surface area contributed by atoms with Crippen molar-refractivity contribution < 1.29 is 22.7 Å². The van der Waals surface area contributed by atoms with Crippen LogP contribution < -0.4 is 19.1 Å². The largest absolute Gasteiger partial charge is 0.492 e. The number of amides is 1. The summed E-state index contributed by atoms with van der Waals surface area (Å²) < 4.78 is 37.0. The number of anilines is 1.